The van der Waals surface area contributed by atoms with Crippen molar-refractivity contribution >= 4 is 11.6 Å². The fourth-order valence-electron chi connectivity index (χ4n) is 3.65. The third-order valence-corrected chi connectivity index (χ3v) is 5.17. The molecule has 1 aromatic heterocycles. The van der Waals surface area contributed by atoms with E-state index in [1.54, 1.807) is 6.20 Å². The molecule has 1 unspecified atom stereocenters. The number of piperazine rings is 1. The first-order chi connectivity index (χ1) is 11.8. The zero-order valence-electron chi connectivity index (χ0n) is 13.7. The van der Waals surface area contributed by atoms with Crippen LogP contribution in [0, 0.1) is 0 Å². The number of benzene rings is 1. The molecule has 0 saturated carbocycles. The number of hydrogen-bond donors (Lipinski definition) is 1. The highest BCUT2D eigenvalue weighted by molar-refractivity contribution is 6.30. The molecule has 2 saturated heterocycles. The van der Waals surface area contributed by atoms with Crippen LogP contribution in [-0.4, -0.2) is 60.1 Å². The van der Waals surface area contributed by atoms with Crippen molar-refractivity contribution in [2.75, 3.05) is 39.3 Å². The molecular weight excluding hydrogens is 324 g/mol. The van der Waals surface area contributed by atoms with Gasteiger partial charge < -0.3 is 9.73 Å². The second kappa shape index (κ2) is 7.23. The Hall–Kier alpha value is -1.40. The largest absolute Gasteiger partial charge is 0.439 e. The van der Waals surface area contributed by atoms with Crippen molar-refractivity contribution in [1.29, 1.82) is 0 Å². The van der Waals surface area contributed by atoms with Gasteiger partial charge in [0.15, 0.2) is 5.76 Å². The Morgan fingerprint density at radius 2 is 2.12 bits per heavy atom. The number of rotatable bonds is 4. The molecule has 0 aliphatic carbocycles. The third-order valence-electron chi connectivity index (χ3n) is 4.94. The lowest BCUT2D eigenvalue weighted by atomic mass is 10.2. The van der Waals surface area contributed by atoms with Crippen LogP contribution < -0.4 is 5.32 Å². The first-order valence-electron chi connectivity index (χ1n) is 8.66. The molecule has 3 heterocycles. The highest BCUT2D eigenvalue weighted by Crippen LogP contribution is 2.25. The minimum atomic E-state index is 0.675. The van der Waals surface area contributed by atoms with Gasteiger partial charge in [0.1, 0.15) is 0 Å². The van der Waals surface area contributed by atoms with Crippen molar-refractivity contribution in [2.45, 2.75) is 19.0 Å². The van der Waals surface area contributed by atoms with Gasteiger partial charge in [-0.2, -0.15) is 0 Å². The molecule has 2 aliphatic heterocycles. The molecule has 5 nitrogen and oxygen atoms in total. The minimum Gasteiger partial charge on any atom is -0.439 e. The average Bonchev–Trinajstić information content (AvgIpc) is 3.26. The summed E-state index contributed by atoms with van der Waals surface area (Å²) in [6.07, 6.45) is 3.03. The van der Waals surface area contributed by atoms with Crippen molar-refractivity contribution in [3.63, 3.8) is 0 Å². The second-order valence-electron chi connectivity index (χ2n) is 6.59. The van der Waals surface area contributed by atoms with Gasteiger partial charge in [0.2, 0.25) is 5.89 Å². The van der Waals surface area contributed by atoms with Gasteiger partial charge in [-0.05, 0) is 18.6 Å². The fraction of sp³-hybridized carbons (Fsp3) is 0.500. The van der Waals surface area contributed by atoms with Crippen LogP contribution in [0.4, 0.5) is 0 Å². The third kappa shape index (κ3) is 3.64. The number of likely N-dealkylation sites (tertiary alicyclic amines) is 1. The average molecular weight is 347 g/mol. The standard InChI is InChI=1S/C18H23ClN4O/c19-15-3-1-2-14(10-15)17-11-21-18(24-17)13-22-7-4-16(12-22)23-8-5-20-6-9-23/h1-3,10-11,16,20H,4-9,12-13H2. The summed E-state index contributed by atoms with van der Waals surface area (Å²) in [5, 5.41) is 4.13. The SMILES string of the molecule is Clc1cccc(-c2cnc(CN3CCC(N4CCNCC4)C3)o2)c1. The van der Waals surface area contributed by atoms with Gasteiger partial charge in [-0.15, -0.1) is 0 Å². The molecule has 0 amide bonds. The Morgan fingerprint density at radius 1 is 1.25 bits per heavy atom. The summed E-state index contributed by atoms with van der Waals surface area (Å²) in [6.45, 7) is 7.55. The Balaban J connectivity index is 1.36. The highest BCUT2D eigenvalue weighted by atomic mass is 35.5. The van der Waals surface area contributed by atoms with Gasteiger partial charge in [-0.25, -0.2) is 4.98 Å². The Kier molecular flexibility index (Phi) is 4.85. The van der Waals surface area contributed by atoms with Crippen molar-refractivity contribution in [1.82, 2.24) is 20.1 Å². The van der Waals surface area contributed by atoms with Gasteiger partial charge in [0.25, 0.3) is 0 Å². The summed E-state index contributed by atoms with van der Waals surface area (Å²) in [5.41, 5.74) is 0.973. The van der Waals surface area contributed by atoms with E-state index in [-0.39, 0.29) is 0 Å². The number of aromatic nitrogens is 1. The summed E-state index contributed by atoms with van der Waals surface area (Å²) < 4.78 is 5.93. The van der Waals surface area contributed by atoms with Crippen LogP contribution in [0.3, 0.4) is 0 Å². The first-order valence-corrected chi connectivity index (χ1v) is 9.03. The smallest absolute Gasteiger partial charge is 0.209 e. The quantitative estimate of drug-likeness (QED) is 0.921. The van der Waals surface area contributed by atoms with Crippen molar-refractivity contribution in [3.05, 3.63) is 41.4 Å². The molecule has 0 bridgehead atoms. The summed E-state index contributed by atoms with van der Waals surface area (Å²) in [5.74, 6) is 1.57. The molecule has 1 atom stereocenters. The van der Waals surface area contributed by atoms with Crippen LogP contribution >= 0.6 is 11.6 Å². The van der Waals surface area contributed by atoms with Crippen molar-refractivity contribution < 1.29 is 4.42 Å². The first kappa shape index (κ1) is 16.1. The summed E-state index contributed by atoms with van der Waals surface area (Å²) in [6, 6.07) is 8.37. The van der Waals surface area contributed by atoms with Crippen LogP contribution in [0.1, 0.15) is 12.3 Å². The lowest BCUT2D eigenvalue weighted by molar-refractivity contribution is 0.168. The summed E-state index contributed by atoms with van der Waals surface area (Å²) >= 11 is 6.05. The molecule has 24 heavy (non-hydrogen) atoms. The number of oxazole rings is 1. The summed E-state index contributed by atoms with van der Waals surface area (Å²) in [7, 11) is 0. The molecule has 6 heteroatoms. The van der Waals surface area contributed by atoms with Gasteiger partial charge >= 0.3 is 0 Å². The maximum Gasteiger partial charge on any atom is 0.209 e. The van der Waals surface area contributed by atoms with Crippen LogP contribution in [-0.2, 0) is 6.54 Å². The molecule has 1 N–H and O–H groups in total. The molecule has 2 fully saturated rings. The van der Waals surface area contributed by atoms with Crippen LogP contribution in [0.2, 0.25) is 5.02 Å². The summed E-state index contributed by atoms with van der Waals surface area (Å²) in [4.78, 5) is 9.51. The second-order valence-corrected chi connectivity index (χ2v) is 7.03. The Bertz CT molecular complexity index is 683. The topological polar surface area (TPSA) is 44.5 Å². The zero-order valence-corrected chi connectivity index (χ0v) is 14.5. The lowest BCUT2D eigenvalue weighted by Gasteiger charge is -2.32. The van der Waals surface area contributed by atoms with Crippen LogP contribution in [0.15, 0.2) is 34.9 Å². The van der Waals surface area contributed by atoms with E-state index in [1.807, 2.05) is 24.3 Å². The molecule has 0 spiro atoms. The number of nitrogens with zero attached hydrogens (tertiary/aromatic N) is 3. The molecule has 0 radical (unpaired) electrons. The van der Waals surface area contributed by atoms with Gasteiger partial charge in [0, 0.05) is 55.9 Å². The lowest BCUT2D eigenvalue weighted by Crippen LogP contribution is -2.49. The minimum absolute atomic E-state index is 0.675. The van der Waals surface area contributed by atoms with Gasteiger partial charge in [-0.1, -0.05) is 23.7 Å². The van der Waals surface area contributed by atoms with E-state index in [9.17, 15) is 0 Å². The van der Waals surface area contributed by atoms with E-state index < -0.39 is 0 Å². The molecular formula is C18H23ClN4O. The predicted octanol–water partition coefficient (Wildman–Crippen LogP) is 2.47. The van der Waals surface area contributed by atoms with E-state index in [4.69, 9.17) is 16.0 Å². The molecule has 4 rings (SSSR count). The van der Waals surface area contributed by atoms with E-state index >= 15 is 0 Å². The van der Waals surface area contributed by atoms with E-state index in [0.29, 0.717) is 11.1 Å². The Morgan fingerprint density at radius 3 is 2.96 bits per heavy atom. The molecule has 2 aromatic rings. The maximum absolute atomic E-state index is 6.05. The van der Waals surface area contributed by atoms with Crippen molar-refractivity contribution in [2.24, 2.45) is 0 Å². The zero-order chi connectivity index (χ0) is 16.4. The molecule has 2 aliphatic rings. The fourth-order valence-corrected chi connectivity index (χ4v) is 3.84. The van der Waals surface area contributed by atoms with Gasteiger partial charge in [-0.3, -0.25) is 9.80 Å². The van der Waals surface area contributed by atoms with E-state index in [2.05, 4.69) is 20.1 Å². The number of hydrogen-bond acceptors (Lipinski definition) is 5. The van der Waals surface area contributed by atoms with Gasteiger partial charge in [0.05, 0.1) is 12.7 Å². The number of nitrogens with one attached hydrogen (secondary N) is 1. The Labute approximate surface area is 147 Å². The van der Waals surface area contributed by atoms with Crippen LogP contribution in [0.25, 0.3) is 11.3 Å². The monoisotopic (exact) mass is 346 g/mol. The van der Waals surface area contributed by atoms with Crippen molar-refractivity contribution in [3.8, 4) is 11.3 Å². The predicted molar refractivity (Wildman–Crippen MR) is 95.1 cm³/mol. The normalized spacial score (nSPS) is 23.0. The van der Waals surface area contributed by atoms with E-state index in [0.717, 1.165) is 63.0 Å². The number of halogens is 1. The molecule has 128 valence electrons. The van der Waals surface area contributed by atoms with E-state index in [1.165, 1.54) is 6.42 Å². The molecule has 1 aromatic carbocycles. The van der Waals surface area contributed by atoms with Crippen LogP contribution in [0.5, 0.6) is 0 Å². The highest BCUT2D eigenvalue weighted by Gasteiger charge is 2.29. The maximum atomic E-state index is 6.05.